The summed E-state index contributed by atoms with van der Waals surface area (Å²) in [7, 11) is 0. The largest absolute Gasteiger partial charge is 0.462 e. The molecule has 0 aromatic rings. The van der Waals surface area contributed by atoms with Gasteiger partial charge in [-0.25, -0.2) is 0 Å². The number of hydrogen-bond acceptors (Lipinski definition) is 2. The maximum atomic E-state index is 11.5. The molecule has 1 unspecified atom stereocenters. The van der Waals surface area contributed by atoms with E-state index in [0.29, 0.717) is 12.3 Å². The van der Waals surface area contributed by atoms with Crippen molar-refractivity contribution in [2.24, 2.45) is 5.92 Å². The Hall–Kier alpha value is -0.530. The van der Waals surface area contributed by atoms with Crippen LogP contribution in [-0.4, -0.2) is 12.1 Å². The molecule has 0 N–H and O–H groups in total. The molecular weight excluding hydrogens is 200 g/mol. The number of rotatable bonds is 6. The molecule has 1 atom stereocenters. The van der Waals surface area contributed by atoms with Gasteiger partial charge >= 0.3 is 5.97 Å². The van der Waals surface area contributed by atoms with Crippen molar-refractivity contribution < 1.29 is 9.53 Å². The van der Waals surface area contributed by atoms with Crippen molar-refractivity contribution in [2.75, 3.05) is 0 Å². The molecule has 0 radical (unpaired) electrons. The fourth-order valence-corrected chi connectivity index (χ4v) is 2.61. The molecule has 1 aliphatic rings. The van der Waals surface area contributed by atoms with E-state index in [9.17, 15) is 4.79 Å². The van der Waals surface area contributed by atoms with Crippen LogP contribution in [0.25, 0.3) is 0 Å². The molecule has 0 aromatic heterocycles. The van der Waals surface area contributed by atoms with E-state index >= 15 is 0 Å². The first-order valence-electron chi connectivity index (χ1n) is 6.97. The van der Waals surface area contributed by atoms with Gasteiger partial charge in [-0.15, -0.1) is 0 Å². The van der Waals surface area contributed by atoms with Crippen LogP contribution in [0.15, 0.2) is 0 Å². The Morgan fingerprint density at radius 3 is 2.44 bits per heavy atom. The summed E-state index contributed by atoms with van der Waals surface area (Å²) in [5.41, 5.74) is 0. The van der Waals surface area contributed by atoms with Crippen LogP contribution in [0.4, 0.5) is 0 Å². The van der Waals surface area contributed by atoms with Crippen LogP contribution in [0, 0.1) is 5.92 Å². The van der Waals surface area contributed by atoms with Crippen molar-refractivity contribution in [3.05, 3.63) is 0 Å². The number of carbonyl (C=O) groups is 1. The third-order valence-electron chi connectivity index (χ3n) is 3.49. The minimum Gasteiger partial charge on any atom is -0.462 e. The lowest BCUT2D eigenvalue weighted by Gasteiger charge is -2.29. The maximum absolute atomic E-state index is 11.5. The first kappa shape index (κ1) is 13.5. The van der Waals surface area contributed by atoms with E-state index in [1.807, 2.05) is 6.92 Å². The van der Waals surface area contributed by atoms with Crippen molar-refractivity contribution in [3.8, 4) is 0 Å². The highest BCUT2D eigenvalue weighted by Gasteiger charge is 2.25. The Bertz CT molecular complexity index is 195. The molecule has 1 aliphatic carbocycles. The van der Waals surface area contributed by atoms with Gasteiger partial charge in [0.15, 0.2) is 0 Å². The first-order valence-corrected chi connectivity index (χ1v) is 6.97. The Balaban J connectivity index is 2.41. The summed E-state index contributed by atoms with van der Waals surface area (Å²) in [5, 5.41) is 0. The molecule has 0 saturated heterocycles. The first-order chi connectivity index (χ1) is 7.77. The molecule has 1 rings (SSSR count). The predicted octanol–water partition coefficient (Wildman–Crippen LogP) is 4.08. The van der Waals surface area contributed by atoms with Gasteiger partial charge in [-0.05, 0) is 31.6 Å². The zero-order valence-corrected chi connectivity index (χ0v) is 10.8. The number of esters is 1. The lowest BCUT2D eigenvalue weighted by Crippen LogP contribution is -2.28. The Labute approximate surface area is 99.8 Å². The summed E-state index contributed by atoms with van der Waals surface area (Å²) in [6.45, 7) is 4.19. The van der Waals surface area contributed by atoms with E-state index in [4.69, 9.17) is 4.74 Å². The summed E-state index contributed by atoms with van der Waals surface area (Å²) < 4.78 is 5.63. The molecule has 1 saturated carbocycles. The van der Waals surface area contributed by atoms with Crippen molar-refractivity contribution in [1.29, 1.82) is 0 Å². The van der Waals surface area contributed by atoms with Gasteiger partial charge in [0.1, 0.15) is 6.10 Å². The molecule has 0 aromatic carbocycles. The normalized spacial score (nSPS) is 19.4. The Kier molecular flexibility index (Phi) is 6.51. The van der Waals surface area contributed by atoms with Gasteiger partial charge in [-0.3, -0.25) is 4.79 Å². The van der Waals surface area contributed by atoms with E-state index in [1.54, 1.807) is 0 Å². The lowest BCUT2D eigenvalue weighted by molar-refractivity contribution is -0.153. The second-order valence-electron chi connectivity index (χ2n) is 4.97. The predicted molar refractivity (Wildman–Crippen MR) is 66.3 cm³/mol. The highest BCUT2D eigenvalue weighted by molar-refractivity contribution is 5.69. The quantitative estimate of drug-likeness (QED) is 0.638. The smallest absolute Gasteiger partial charge is 0.306 e. The van der Waals surface area contributed by atoms with Crippen LogP contribution < -0.4 is 0 Å². The van der Waals surface area contributed by atoms with Crippen LogP contribution in [0.1, 0.15) is 71.6 Å². The molecular formula is C14H26O2. The van der Waals surface area contributed by atoms with Gasteiger partial charge in [0.05, 0.1) is 0 Å². The summed E-state index contributed by atoms with van der Waals surface area (Å²) in [6.07, 6.45) is 10.3. The summed E-state index contributed by atoms with van der Waals surface area (Å²) in [4.78, 5) is 11.5. The number of hydrogen-bond donors (Lipinski definition) is 0. The molecule has 0 amide bonds. The average Bonchev–Trinajstić information content (AvgIpc) is 2.30. The van der Waals surface area contributed by atoms with Gasteiger partial charge in [0.2, 0.25) is 0 Å². The second-order valence-corrected chi connectivity index (χ2v) is 4.97. The van der Waals surface area contributed by atoms with E-state index < -0.39 is 0 Å². The van der Waals surface area contributed by atoms with E-state index in [0.717, 1.165) is 19.3 Å². The third kappa shape index (κ3) is 4.54. The molecule has 0 bridgehead atoms. The minimum atomic E-state index is 0.00604. The summed E-state index contributed by atoms with van der Waals surface area (Å²) in [5.74, 6) is 0.640. The molecule has 2 heteroatoms. The van der Waals surface area contributed by atoms with Gasteiger partial charge in [-0.1, -0.05) is 39.5 Å². The van der Waals surface area contributed by atoms with Crippen LogP contribution in [0.2, 0.25) is 0 Å². The molecule has 1 fully saturated rings. The van der Waals surface area contributed by atoms with E-state index in [2.05, 4.69) is 6.92 Å². The fraction of sp³-hybridized carbons (Fsp3) is 0.929. The van der Waals surface area contributed by atoms with Crippen LogP contribution in [0.5, 0.6) is 0 Å². The molecule has 2 nitrogen and oxygen atoms in total. The minimum absolute atomic E-state index is 0.00604. The lowest BCUT2D eigenvalue weighted by atomic mass is 9.83. The second kappa shape index (κ2) is 7.70. The highest BCUT2D eigenvalue weighted by Crippen LogP contribution is 2.30. The Morgan fingerprint density at radius 1 is 1.19 bits per heavy atom. The van der Waals surface area contributed by atoms with E-state index in [1.165, 1.54) is 32.1 Å². The molecule has 16 heavy (non-hydrogen) atoms. The monoisotopic (exact) mass is 226 g/mol. The van der Waals surface area contributed by atoms with Crippen molar-refractivity contribution in [3.63, 3.8) is 0 Å². The van der Waals surface area contributed by atoms with Gasteiger partial charge < -0.3 is 4.74 Å². The van der Waals surface area contributed by atoms with Crippen molar-refractivity contribution in [1.82, 2.24) is 0 Å². The molecule has 0 heterocycles. The van der Waals surface area contributed by atoms with Crippen molar-refractivity contribution in [2.45, 2.75) is 77.7 Å². The van der Waals surface area contributed by atoms with Gasteiger partial charge in [0, 0.05) is 6.42 Å². The number of carbonyl (C=O) groups excluding carboxylic acids is 1. The molecule has 94 valence electrons. The highest BCUT2D eigenvalue weighted by atomic mass is 16.5. The van der Waals surface area contributed by atoms with Gasteiger partial charge in [0.25, 0.3) is 0 Å². The third-order valence-corrected chi connectivity index (χ3v) is 3.49. The number of ether oxygens (including phenoxy) is 1. The standard InChI is InChI=1S/C14H26O2/c1-3-8-13(16-14(15)9-4-2)12-10-6-5-7-11-12/h12-13H,3-11H2,1-2H3. The van der Waals surface area contributed by atoms with E-state index in [-0.39, 0.29) is 12.1 Å². The van der Waals surface area contributed by atoms with Crippen molar-refractivity contribution >= 4 is 5.97 Å². The average molecular weight is 226 g/mol. The SMILES string of the molecule is CCCC(=O)OC(CCC)C1CCCCC1. The fourth-order valence-electron chi connectivity index (χ4n) is 2.61. The van der Waals surface area contributed by atoms with Crippen LogP contribution in [-0.2, 0) is 9.53 Å². The molecule has 0 aliphatic heterocycles. The van der Waals surface area contributed by atoms with Gasteiger partial charge in [-0.2, -0.15) is 0 Å². The summed E-state index contributed by atoms with van der Waals surface area (Å²) >= 11 is 0. The topological polar surface area (TPSA) is 26.3 Å². The van der Waals surface area contributed by atoms with Crippen LogP contribution in [0.3, 0.4) is 0 Å². The van der Waals surface area contributed by atoms with Crippen LogP contribution >= 0.6 is 0 Å². The Morgan fingerprint density at radius 2 is 1.88 bits per heavy atom. The maximum Gasteiger partial charge on any atom is 0.306 e. The summed E-state index contributed by atoms with van der Waals surface area (Å²) in [6, 6.07) is 0. The zero-order chi connectivity index (χ0) is 11.8. The zero-order valence-electron chi connectivity index (χ0n) is 10.8. The molecule has 0 spiro atoms.